The molecule has 142 valence electrons. The molecule has 28 heavy (non-hydrogen) atoms. The molecule has 0 fully saturated rings. The second-order valence-electron chi connectivity index (χ2n) is 6.32. The molecule has 0 saturated heterocycles. The first-order valence-corrected chi connectivity index (χ1v) is 9.04. The van der Waals surface area contributed by atoms with Gasteiger partial charge in [-0.05, 0) is 60.5 Å². The summed E-state index contributed by atoms with van der Waals surface area (Å²) >= 11 is 0. The van der Waals surface area contributed by atoms with Crippen LogP contribution in [0, 0.1) is 0 Å². The molecule has 0 atom stereocenters. The number of nitrogens with one attached hydrogen (secondary N) is 3. The van der Waals surface area contributed by atoms with Crippen LogP contribution in [-0.4, -0.2) is 16.8 Å². The number of pyridine rings is 1. The lowest BCUT2D eigenvalue weighted by atomic mass is 10.1. The highest BCUT2D eigenvalue weighted by Gasteiger charge is 2.08. The number of carbonyl (C=O) groups excluding carboxylic acids is 2. The summed E-state index contributed by atoms with van der Waals surface area (Å²) in [6.45, 7) is 3.56. The summed E-state index contributed by atoms with van der Waals surface area (Å²) in [6.07, 6.45) is 2.58. The Bertz CT molecular complexity index is 967. The zero-order valence-corrected chi connectivity index (χ0v) is 15.8. The van der Waals surface area contributed by atoms with E-state index >= 15 is 0 Å². The molecule has 2 amide bonds. The first-order valence-electron chi connectivity index (χ1n) is 9.04. The summed E-state index contributed by atoms with van der Waals surface area (Å²) in [6, 6.07) is 18.4. The van der Waals surface area contributed by atoms with Crippen molar-refractivity contribution in [2.75, 3.05) is 16.0 Å². The van der Waals surface area contributed by atoms with Gasteiger partial charge in [0.1, 0.15) is 5.82 Å². The van der Waals surface area contributed by atoms with E-state index < -0.39 is 0 Å². The number of benzene rings is 2. The summed E-state index contributed by atoms with van der Waals surface area (Å²) in [4.78, 5) is 27.9. The van der Waals surface area contributed by atoms with Crippen molar-refractivity contribution < 1.29 is 9.59 Å². The van der Waals surface area contributed by atoms with E-state index in [1.54, 1.807) is 42.6 Å². The monoisotopic (exact) mass is 374 g/mol. The Hall–Kier alpha value is -3.67. The normalized spacial score (nSPS) is 10.2. The molecule has 3 N–H and O–H groups in total. The third-order valence-electron chi connectivity index (χ3n) is 4.12. The average Bonchev–Trinajstić information content (AvgIpc) is 2.70. The van der Waals surface area contributed by atoms with E-state index in [-0.39, 0.29) is 11.8 Å². The van der Waals surface area contributed by atoms with Crippen molar-refractivity contribution in [1.82, 2.24) is 4.98 Å². The number of hydrogen-bond acceptors (Lipinski definition) is 4. The first kappa shape index (κ1) is 19.1. The Kier molecular flexibility index (Phi) is 6.01. The van der Waals surface area contributed by atoms with Crippen molar-refractivity contribution in [3.8, 4) is 0 Å². The topological polar surface area (TPSA) is 83.1 Å². The summed E-state index contributed by atoms with van der Waals surface area (Å²) in [5, 5.41) is 8.73. The van der Waals surface area contributed by atoms with Gasteiger partial charge in [0, 0.05) is 35.7 Å². The van der Waals surface area contributed by atoms with Crippen molar-refractivity contribution in [2.45, 2.75) is 20.3 Å². The minimum atomic E-state index is -0.237. The molecule has 0 aliphatic rings. The molecule has 2 aromatic carbocycles. The highest BCUT2D eigenvalue weighted by Crippen LogP contribution is 2.18. The standard InChI is InChI=1S/C22H22N4O2/c1-3-16-4-6-19(7-5-16)25-21-14-17(12-13-23-21)22(28)26-20-10-8-18(9-11-20)24-15(2)27/h4-14H,3H2,1-2H3,(H,23,25)(H,24,27)(H,26,28). The number of amides is 2. The maximum Gasteiger partial charge on any atom is 0.255 e. The fraction of sp³-hybridized carbons (Fsp3) is 0.136. The van der Waals surface area contributed by atoms with Crippen molar-refractivity contribution >= 4 is 34.7 Å². The van der Waals surface area contributed by atoms with Gasteiger partial charge in [-0.25, -0.2) is 4.98 Å². The maximum absolute atomic E-state index is 12.5. The van der Waals surface area contributed by atoms with Crippen LogP contribution in [0.15, 0.2) is 66.9 Å². The van der Waals surface area contributed by atoms with Gasteiger partial charge in [0.2, 0.25) is 5.91 Å². The molecule has 0 aliphatic heterocycles. The van der Waals surface area contributed by atoms with E-state index in [0.29, 0.717) is 22.8 Å². The van der Waals surface area contributed by atoms with E-state index in [0.717, 1.165) is 12.1 Å². The second kappa shape index (κ2) is 8.81. The predicted octanol–water partition coefficient (Wildman–Crippen LogP) is 4.60. The van der Waals surface area contributed by atoms with Crippen molar-refractivity contribution in [3.05, 3.63) is 78.0 Å². The molecule has 0 aliphatic carbocycles. The minimum absolute atomic E-state index is 0.141. The van der Waals surface area contributed by atoms with Crippen LogP contribution in [0.4, 0.5) is 22.9 Å². The van der Waals surface area contributed by atoms with Crippen LogP contribution in [0.3, 0.4) is 0 Å². The maximum atomic E-state index is 12.5. The number of nitrogens with zero attached hydrogens (tertiary/aromatic N) is 1. The van der Waals surface area contributed by atoms with Crippen LogP contribution in [-0.2, 0) is 11.2 Å². The van der Waals surface area contributed by atoms with Crippen molar-refractivity contribution in [2.24, 2.45) is 0 Å². The molecular weight excluding hydrogens is 352 g/mol. The molecule has 6 heteroatoms. The minimum Gasteiger partial charge on any atom is -0.340 e. The molecule has 0 spiro atoms. The van der Waals surface area contributed by atoms with Gasteiger partial charge >= 0.3 is 0 Å². The van der Waals surface area contributed by atoms with Crippen molar-refractivity contribution in [3.63, 3.8) is 0 Å². The van der Waals surface area contributed by atoms with Gasteiger partial charge in [-0.3, -0.25) is 9.59 Å². The fourth-order valence-corrected chi connectivity index (χ4v) is 2.66. The molecule has 0 bridgehead atoms. The van der Waals surface area contributed by atoms with Crippen LogP contribution >= 0.6 is 0 Å². The smallest absolute Gasteiger partial charge is 0.255 e. The second-order valence-corrected chi connectivity index (χ2v) is 6.32. The molecule has 0 radical (unpaired) electrons. The molecule has 1 aromatic heterocycles. The van der Waals surface area contributed by atoms with Gasteiger partial charge in [0.25, 0.3) is 5.91 Å². The zero-order valence-electron chi connectivity index (χ0n) is 15.8. The lowest BCUT2D eigenvalue weighted by Gasteiger charge is -2.09. The van der Waals surface area contributed by atoms with Gasteiger partial charge < -0.3 is 16.0 Å². The van der Waals surface area contributed by atoms with Gasteiger partial charge in [-0.15, -0.1) is 0 Å². The molecule has 1 heterocycles. The lowest BCUT2D eigenvalue weighted by molar-refractivity contribution is -0.114. The summed E-state index contributed by atoms with van der Waals surface area (Å²) < 4.78 is 0. The van der Waals surface area contributed by atoms with E-state index in [2.05, 4.69) is 40.0 Å². The van der Waals surface area contributed by atoms with Gasteiger partial charge in [-0.1, -0.05) is 19.1 Å². The van der Waals surface area contributed by atoms with E-state index in [9.17, 15) is 9.59 Å². The van der Waals surface area contributed by atoms with Crippen LogP contribution in [0.5, 0.6) is 0 Å². The lowest BCUT2D eigenvalue weighted by Crippen LogP contribution is -2.12. The number of hydrogen-bond donors (Lipinski definition) is 3. The Balaban J connectivity index is 1.66. The first-order chi connectivity index (χ1) is 13.5. The molecule has 3 rings (SSSR count). The Morgan fingerprint density at radius 2 is 1.46 bits per heavy atom. The number of anilines is 4. The molecule has 0 saturated carbocycles. The van der Waals surface area contributed by atoms with Gasteiger partial charge in [-0.2, -0.15) is 0 Å². The van der Waals surface area contributed by atoms with Crippen LogP contribution in [0.2, 0.25) is 0 Å². The Labute approximate surface area is 164 Å². The number of aromatic nitrogens is 1. The molecule has 3 aromatic rings. The van der Waals surface area contributed by atoms with Crippen LogP contribution in [0.1, 0.15) is 29.8 Å². The highest BCUT2D eigenvalue weighted by molar-refractivity contribution is 6.04. The number of aryl methyl sites for hydroxylation is 1. The van der Waals surface area contributed by atoms with Crippen LogP contribution in [0.25, 0.3) is 0 Å². The number of carbonyl (C=O) groups is 2. The third kappa shape index (κ3) is 5.17. The van der Waals surface area contributed by atoms with E-state index in [1.807, 2.05) is 12.1 Å². The molecule has 0 unspecified atom stereocenters. The molecule has 6 nitrogen and oxygen atoms in total. The molecular formula is C22H22N4O2. The SMILES string of the molecule is CCc1ccc(Nc2cc(C(=O)Nc3ccc(NC(C)=O)cc3)ccn2)cc1. The predicted molar refractivity (Wildman–Crippen MR) is 112 cm³/mol. The number of rotatable bonds is 6. The highest BCUT2D eigenvalue weighted by atomic mass is 16.2. The van der Waals surface area contributed by atoms with Crippen LogP contribution < -0.4 is 16.0 Å². The summed E-state index contributed by atoms with van der Waals surface area (Å²) in [5.74, 6) is 0.217. The fourth-order valence-electron chi connectivity index (χ4n) is 2.66. The van der Waals surface area contributed by atoms with Gasteiger partial charge in [0.15, 0.2) is 0 Å². The Morgan fingerprint density at radius 3 is 2.07 bits per heavy atom. The third-order valence-corrected chi connectivity index (χ3v) is 4.12. The van der Waals surface area contributed by atoms with Crippen molar-refractivity contribution in [1.29, 1.82) is 0 Å². The van der Waals surface area contributed by atoms with Gasteiger partial charge in [0.05, 0.1) is 0 Å². The zero-order chi connectivity index (χ0) is 19.9. The van der Waals surface area contributed by atoms with E-state index in [4.69, 9.17) is 0 Å². The summed E-state index contributed by atoms with van der Waals surface area (Å²) in [5.41, 5.74) is 3.98. The Morgan fingerprint density at radius 1 is 0.857 bits per heavy atom. The quantitative estimate of drug-likeness (QED) is 0.589. The summed E-state index contributed by atoms with van der Waals surface area (Å²) in [7, 11) is 0. The largest absolute Gasteiger partial charge is 0.340 e. The average molecular weight is 374 g/mol. The van der Waals surface area contributed by atoms with E-state index in [1.165, 1.54) is 12.5 Å².